The predicted octanol–water partition coefficient (Wildman–Crippen LogP) is 2.91. The zero-order valence-corrected chi connectivity index (χ0v) is 11.5. The summed E-state index contributed by atoms with van der Waals surface area (Å²) in [6, 6.07) is 5.92. The zero-order chi connectivity index (χ0) is 13.1. The number of nitrogens with zero attached hydrogens (tertiary/aromatic N) is 1. The van der Waals surface area contributed by atoms with Gasteiger partial charge in [-0.15, -0.1) is 0 Å². The summed E-state index contributed by atoms with van der Waals surface area (Å²) in [5.41, 5.74) is 2.94. The Morgan fingerprint density at radius 1 is 1.33 bits per heavy atom. The molecule has 0 saturated carbocycles. The molecule has 1 heterocycles. The summed E-state index contributed by atoms with van der Waals surface area (Å²) in [6.07, 6.45) is 2.25. The van der Waals surface area contributed by atoms with Crippen LogP contribution in [0.4, 0.5) is 5.69 Å². The topological polar surface area (TPSA) is 32.3 Å². The molecular formula is C15H22N2O. The third-order valence-electron chi connectivity index (χ3n) is 3.82. The number of rotatable bonds is 2. The van der Waals surface area contributed by atoms with Crippen molar-refractivity contribution in [3.8, 4) is 0 Å². The van der Waals surface area contributed by atoms with Crippen LogP contribution in [0, 0.1) is 12.8 Å². The van der Waals surface area contributed by atoms with Gasteiger partial charge in [0.1, 0.15) is 0 Å². The van der Waals surface area contributed by atoms with Crippen LogP contribution in [0.25, 0.3) is 0 Å². The number of piperidine rings is 1. The molecule has 0 aromatic heterocycles. The Morgan fingerprint density at radius 3 is 2.56 bits per heavy atom. The summed E-state index contributed by atoms with van der Waals surface area (Å²) in [7, 11) is 1.89. The molecule has 1 saturated heterocycles. The van der Waals surface area contributed by atoms with E-state index in [4.69, 9.17) is 0 Å². The molecule has 0 atom stereocenters. The third-order valence-corrected chi connectivity index (χ3v) is 3.82. The number of aryl methyl sites for hydroxylation is 1. The van der Waals surface area contributed by atoms with Crippen LogP contribution in [-0.4, -0.2) is 30.9 Å². The average molecular weight is 246 g/mol. The van der Waals surface area contributed by atoms with E-state index in [2.05, 4.69) is 12.2 Å². The molecule has 3 nitrogen and oxygen atoms in total. The van der Waals surface area contributed by atoms with Crippen LogP contribution < -0.4 is 5.32 Å². The molecule has 1 aromatic carbocycles. The van der Waals surface area contributed by atoms with E-state index in [9.17, 15) is 4.79 Å². The average Bonchev–Trinajstić information content (AvgIpc) is 2.38. The molecule has 0 aliphatic carbocycles. The fourth-order valence-electron chi connectivity index (χ4n) is 2.44. The van der Waals surface area contributed by atoms with Crippen molar-refractivity contribution in [1.29, 1.82) is 0 Å². The van der Waals surface area contributed by atoms with Gasteiger partial charge in [0, 0.05) is 31.4 Å². The molecule has 1 N–H and O–H groups in total. The Balaban J connectivity index is 2.13. The normalized spacial score (nSPS) is 16.7. The van der Waals surface area contributed by atoms with E-state index in [1.807, 2.05) is 37.1 Å². The van der Waals surface area contributed by atoms with Crippen LogP contribution in [0.2, 0.25) is 0 Å². The smallest absolute Gasteiger partial charge is 0.254 e. The van der Waals surface area contributed by atoms with E-state index < -0.39 is 0 Å². The molecule has 0 bridgehead atoms. The predicted molar refractivity (Wildman–Crippen MR) is 75.0 cm³/mol. The van der Waals surface area contributed by atoms with Crippen LogP contribution in [0.15, 0.2) is 18.2 Å². The first-order valence-electron chi connectivity index (χ1n) is 6.69. The van der Waals surface area contributed by atoms with Gasteiger partial charge >= 0.3 is 0 Å². The molecule has 1 fully saturated rings. The highest BCUT2D eigenvalue weighted by molar-refractivity contribution is 5.96. The van der Waals surface area contributed by atoms with Gasteiger partial charge in [-0.2, -0.15) is 0 Å². The summed E-state index contributed by atoms with van der Waals surface area (Å²) in [4.78, 5) is 14.4. The second kappa shape index (κ2) is 5.42. The summed E-state index contributed by atoms with van der Waals surface area (Å²) >= 11 is 0. The van der Waals surface area contributed by atoms with Crippen molar-refractivity contribution in [3.63, 3.8) is 0 Å². The summed E-state index contributed by atoms with van der Waals surface area (Å²) in [6.45, 7) is 6.05. The van der Waals surface area contributed by atoms with E-state index >= 15 is 0 Å². The lowest BCUT2D eigenvalue weighted by Crippen LogP contribution is -2.38. The molecule has 2 rings (SSSR count). The molecule has 18 heavy (non-hydrogen) atoms. The standard InChI is InChI=1S/C15H22N2O/c1-11-6-8-17(9-7-11)15(18)14-5-4-13(16-3)10-12(14)2/h4-5,10-11,16H,6-9H2,1-3H3. The Hall–Kier alpha value is -1.51. The number of anilines is 1. The number of hydrogen-bond donors (Lipinski definition) is 1. The van der Waals surface area contributed by atoms with Crippen molar-refractivity contribution >= 4 is 11.6 Å². The highest BCUT2D eigenvalue weighted by Crippen LogP contribution is 2.21. The Labute approximate surface area is 109 Å². The molecular weight excluding hydrogens is 224 g/mol. The van der Waals surface area contributed by atoms with Gasteiger partial charge in [-0.25, -0.2) is 0 Å². The van der Waals surface area contributed by atoms with Crippen LogP contribution in [0.5, 0.6) is 0 Å². The first-order chi connectivity index (χ1) is 8.61. The lowest BCUT2D eigenvalue weighted by molar-refractivity contribution is 0.0696. The largest absolute Gasteiger partial charge is 0.388 e. The van der Waals surface area contributed by atoms with Gasteiger partial charge in [-0.1, -0.05) is 6.92 Å². The van der Waals surface area contributed by atoms with E-state index in [0.29, 0.717) is 0 Å². The summed E-state index contributed by atoms with van der Waals surface area (Å²) < 4.78 is 0. The molecule has 0 radical (unpaired) electrons. The van der Waals surface area contributed by atoms with Gasteiger partial charge in [-0.3, -0.25) is 4.79 Å². The molecule has 98 valence electrons. The SMILES string of the molecule is CNc1ccc(C(=O)N2CCC(C)CC2)c(C)c1. The zero-order valence-electron chi connectivity index (χ0n) is 11.5. The minimum atomic E-state index is 0.182. The van der Waals surface area contributed by atoms with Gasteiger partial charge < -0.3 is 10.2 Å². The van der Waals surface area contributed by atoms with E-state index in [1.165, 1.54) is 0 Å². The van der Waals surface area contributed by atoms with E-state index in [1.54, 1.807) is 0 Å². The molecule has 0 spiro atoms. The van der Waals surface area contributed by atoms with Crippen molar-refractivity contribution in [2.45, 2.75) is 26.7 Å². The first-order valence-corrected chi connectivity index (χ1v) is 6.69. The number of benzene rings is 1. The minimum Gasteiger partial charge on any atom is -0.388 e. The van der Waals surface area contributed by atoms with Crippen molar-refractivity contribution in [2.75, 3.05) is 25.5 Å². The lowest BCUT2D eigenvalue weighted by Gasteiger charge is -2.30. The summed E-state index contributed by atoms with van der Waals surface area (Å²) in [5.74, 6) is 0.934. The van der Waals surface area contributed by atoms with Gasteiger partial charge in [0.05, 0.1) is 0 Å². The van der Waals surface area contributed by atoms with Crippen molar-refractivity contribution in [2.24, 2.45) is 5.92 Å². The Bertz CT molecular complexity index is 434. The highest BCUT2D eigenvalue weighted by Gasteiger charge is 2.22. The van der Waals surface area contributed by atoms with Crippen LogP contribution in [-0.2, 0) is 0 Å². The van der Waals surface area contributed by atoms with Crippen LogP contribution in [0.3, 0.4) is 0 Å². The maximum Gasteiger partial charge on any atom is 0.254 e. The van der Waals surface area contributed by atoms with Gasteiger partial charge in [0.2, 0.25) is 0 Å². The molecule has 0 unspecified atom stereocenters. The number of carbonyl (C=O) groups is 1. The summed E-state index contributed by atoms with van der Waals surface area (Å²) in [5, 5.41) is 3.09. The second-order valence-electron chi connectivity index (χ2n) is 5.25. The molecule has 3 heteroatoms. The van der Waals surface area contributed by atoms with Gasteiger partial charge in [-0.05, 0) is 49.4 Å². The third kappa shape index (κ3) is 2.66. The molecule has 1 aliphatic heterocycles. The van der Waals surface area contributed by atoms with E-state index in [-0.39, 0.29) is 5.91 Å². The Morgan fingerprint density at radius 2 is 2.00 bits per heavy atom. The molecule has 1 aliphatic rings. The van der Waals surface area contributed by atoms with Gasteiger partial charge in [0.25, 0.3) is 5.91 Å². The number of likely N-dealkylation sites (tertiary alicyclic amines) is 1. The van der Waals surface area contributed by atoms with Crippen LogP contribution >= 0.6 is 0 Å². The van der Waals surface area contributed by atoms with Gasteiger partial charge in [0.15, 0.2) is 0 Å². The first kappa shape index (κ1) is 12.9. The highest BCUT2D eigenvalue weighted by atomic mass is 16.2. The number of nitrogens with one attached hydrogen (secondary N) is 1. The number of hydrogen-bond acceptors (Lipinski definition) is 2. The quantitative estimate of drug-likeness (QED) is 0.870. The Kier molecular flexibility index (Phi) is 3.90. The van der Waals surface area contributed by atoms with Crippen molar-refractivity contribution < 1.29 is 4.79 Å². The van der Waals surface area contributed by atoms with Crippen LogP contribution in [0.1, 0.15) is 35.7 Å². The van der Waals surface area contributed by atoms with Crippen molar-refractivity contribution in [3.05, 3.63) is 29.3 Å². The fourth-order valence-corrected chi connectivity index (χ4v) is 2.44. The lowest BCUT2D eigenvalue weighted by atomic mass is 9.98. The molecule has 1 amide bonds. The number of amides is 1. The van der Waals surface area contributed by atoms with E-state index in [0.717, 1.165) is 48.7 Å². The minimum absolute atomic E-state index is 0.182. The fraction of sp³-hybridized carbons (Fsp3) is 0.533. The maximum absolute atomic E-state index is 12.4. The second-order valence-corrected chi connectivity index (χ2v) is 5.25. The molecule has 1 aromatic rings. The number of carbonyl (C=O) groups excluding carboxylic acids is 1. The monoisotopic (exact) mass is 246 g/mol. The van der Waals surface area contributed by atoms with Crippen molar-refractivity contribution in [1.82, 2.24) is 4.90 Å². The maximum atomic E-state index is 12.4.